The lowest BCUT2D eigenvalue weighted by Crippen LogP contribution is -1.98. The summed E-state index contributed by atoms with van der Waals surface area (Å²) in [6, 6.07) is 15.1. The second-order valence-electron chi connectivity index (χ2n) is 6.46. The Hall–Kier alpha value is -3.23. The molecule has 0 saturated carbocycles. The quantitative estimate of drug-likeness (QED) is 0.533. The van der Waals surface area contributed by atoms with Crippen molar-refractivity contribution in [3.8, 4) is 34.3 Å². The molecule has 0 bridgehead atoms. The van der Waals surface area contributed by atoms with Gasteiger partial charge in [-0.05, 0) is 30.7 Å². The van der Waals surface area contributed by atoms with E-state index in [9.17, 15) is 4.21 Å². The molecule has 0 spiro atoms. The predicted octanol–water partition coefficient (Wildman–Crippen LogP) is 3.86. The van der Waals surface area contributed by atoms with E-state index in [4.69, 9.17) is 10.2 Å². The first-order chi connectivity index (χ1) is 14.1. The number of nitrogens with two attached hydrogens (primary N) is 1. The molecule has 4 rings (SSSR count). The number of hydrogen-bond donors (Lipinski definition) is 1. The monoisotopic (exact) mass is 409 g/mol. The second-order valence-corrected chi connectivity index (χ2v) is 7.80. The number of benzene rings is 2. The predicted molar refractivity (Wildman–Crippen MR) is 115 cm³/mol. The highest BCUT2D eigenvalue weighted by molar-refractivity contribution is 7.84. The summed E-state index contributed by atoms with van der Waals surface area (Å²) >= 11 is 0. The van der Waals surface area contributed by atoms with Crippen molar-refractivity contribution in [1.29, 1.82) is 0 Å². The third-order valence-electron chi connectivity index (χ3n) is 4.47. The molecule has 8 heteroatoms. The summed E-state index contributed by atoms with van der Waals surface area (Å²) in [5.41, 5.74) is 9.99. The molecule has 0 radical (unpaired) electrons. The standard InChI is InChI=1S/C21H19N5O2S.2H2/c1-13-19(21-26-25-20(28-21)15-7-5-6-14(10-15)11-22)24-17(12-23-13)16-8-3-4-9-18(16)29(2)27;;/h3-10,12H,11,22H2,1-2H3;2*1H. The normalized spacial score (nSPS) is 12.1. The number of hydrogen-bond acceptors (Lipinski definition) is 7. The highest BCUT2D eigenvalue weighted by atomic mass is 32.2. The lowest BCUT2D eigenvalue weighted by molar-refractivity contribution is 0.581. The van der Waals surface area contributed by atoms with Gasteiger partial charge in [-0.2, -0.15) is 0 Å². The van der Waals surface area contributed by atoms with Crippen molar-refractivity contribution < 1.29 is 11.5 Å². The fourth-order valence-electron chi connectivity index (χ4n) is 2.98. The van der Waals surface area contributed by atoms with Crippen LogP contribution < -0.4 is 5.73 Å². The summed E-state index contributed by atoms with van der Waals surface area (Å²) in [5, 5.41) is 8.31. The Morgan fingerprint density at radius 2 is 1.90 bits per heavy atom. The molecule has 150 valence electrons. The topological polar surface area (TPSA) is 108 Å². The summed E-state index contributed by atoms with van der Waals surface area (Å²) < 4.78 is 18.0. The van der Waals surface area contributed by atoms with Gasteiger partial charge in [0.05, 0.1) is 28.4 Å². The molecule has 7 nitrogen and oxygen atoms in total. The maximum atomic E-state index is 12.1. The van der Waals surface area contributed by atoms with Gasteiger partial charge in [0.25, 0.3) is 5.89 Å². The van der Waals surface area contributed by atoms with Crippen molar-refractivity contribution in [2.75, 3.05) is 6.26 Å². The minimum atomic E-state index is -1.15. The Morgan fingerprint density at radius 3 is 2.69 bits per heavy atom. The summed E-state index contributed by atoms with van der Waals surface area (Å²) in [7, 11) is -1.15. The van der Waals surface area contributed by atoms with E-state index in [2.05, 4.69) is 20.2 Å². The maximum Gasteiger partial charge on any atom is 0.268 e. The Bertz CT molecular complexity index is 1220. The molecule has 1 atom stereocenters. The van der Waals surface area contributed by atoms with Crippen LogP contribution in [0.25, 0.3) is 34.3 Å². The average Bonchev–Trinajstić information content (AvgIpc) is 3.24. The van der Waals surface area contributed by atoms with Crippen LogP contribution in [0, 0.1) is 6.92 Å². The molecule has 2 heterocycles. The largest absolute Gasteiger partial charge is 0.415 e. The van der Waals surface area contributed by atoms with Crippen molar-refractivity contribution in [2.24, 2.45) is 5.73 Å². The van der Waals surface area contributed by atoms with Crippen LogP contribution in [0.5, 0.6) is 0 Å². The van der Waals surface area contributed by atoms with E-state index in [0.29, 0.717) is 34.4 Å². The van der Waals surface area contributed by atoms with Gasteiger partial charge < -0.3 is 10.2 Å². The Kier molecular flexibility index (Phi) is 5.28. The average molecular weight is 410 g/mol. The van der Waals surface area contributed by atoms with E-state index >= 15 is 0 Å². The van der Waals surface area contributed by atoms with Gasteiger partial charge in [0, 0.05) is 31.7 Å². The number of rotatable bonds is 5. The molecule has 0 fully saturated rings. The van der Waals surface area contributed by atoms with E-state index in [1.807, 2.05) is 55.5 Å². The zero-order valence-electron chi connectivity index (χ0n) is 16.0. The van der Waals surface area contributed by atoms with Gasteiger partial charge in [-0.3, -0.25) is 9.19 Å². The Morgan fingerprint density at radius 1 is 1.10 bits per heavy atom. The van der Waals surface area contributed by atoms with Gasteiger partial charge in [-0.1, -0.05) is 30.3 Å². The Labute approximate surface area is 173 Å². The van der Waals surface area contributed by atoms with E-state index in [-0.39, 0.29) is 8.74 Å². The Balaban J connectivity index is 0.00000171. The zero-order chi connectivity index (χ0) is 20.4. The number of aromatic nitrogens is 4. The highest BCUT2D eigenvalue weighted by Gasteiger charge is 2.17. The third-order valence-corrected chi connectivity index (χ3v) is 5.44. The summed E-state index contributed by atoms with van der Waals surface area (Å²) in [5.74, 6) is 0.664. The smallest absolute Gasteiger partial charge is 0.268 e. The van der Waals surface area contributed by atoms with E-state index < -0.39 is 10.8 Å². The molecule has 0 amide bonds. The first-order valence-corrected chi connectivity index (χ1v) is 10.5. The molecule has 0 aliphatic heterocycles. The minimum absolute atomic E-state index is 0. The van der Waals surface area contributed by atoms with Gasteiger partial charge in [-0.25, -0.2) is 4.98 Å². The van der Waals surface area contributed by atoms with Gasteiger partial charge >= 0.3 is 0 Å². The molecule has 1 unspecified atom stereocenters. The van der Waals surface area contributed by atoms with Crippen molar-refractivity contribution in [2.45, 2.75) is 18.4 Å². The van der Waals surface area contributed by atoms with Crippen LogP contribution in [0.3, 0.4) is 0 Å². The zero-order valence-corrected chi connectivity index (χ0v) is 16.8. The van der Waals surface area contributed by atoms with Crippen LogP contribution in [-0.4, -0.2) is 30.6 Å². The molecular formula is C21H23N5O2S. The number of nitrogens with zero attached hydrogens (tertiary/aromatic N) is 4. The van der Waals surface area contributed by atoms with Crippen molar-refractivity contribution in [3.05, 3.63) is 66.0 Å². The van der Waals surface area contributed by atoms with Gasteiger partial charge in [0.2, 0.25) is 5.89 Å². The van der Waals surface area contributed by atoms with Crippen LogP contribution in [0.1, 0.15) is 14.1 Å². The SMILES string of the molecule is Cc1ncc(-c2ccccc2S(C)=O)nc1-c1nnc(-c2cccc(CN)c2)o1.[HH].[HH]. The van der Waals surface area contributed by atoms with Crippen LogP contribution >= 0.6 is 0 Å². The van der Waals surface area contributed by atoms with Gasteiger partial charge in [0.15, 0.2) is 0 Å². The number of aryl methyl sites for hydroxylation is 1. The third kappa shape index (κ3) is 3.85. The van der Waals surface area contributed by atoms with Crippen LogP contribution in [0.15, 0.2) is 64.0 Å². The lowest BCUT2D eigenvalue weighted by atomic mass is 10.1. The molecule has 0 saturated heterocycles. The molecule has 29 heavy (non-hydrogen) atoms. The van der Waals surface area contributed by atoms with Crippen LogP contribution in [-0.2, 0) is 17.3 Å². The minimum Gasteiger partial charge on any atom is -0.415 e. The van der Waals surface area contributed by atoms with Crippen LogP contribution in [0.4, 0.5) is 0 Å². The molecule has 0 aliphatic rings. The van der Waals surface area contributed by atoms with Crippen molar-refractivity contribution in [3.63, 3.8) is 0 Å². The summed E-state index contributed by atoms with van der Waals surface area (Å²) in [6.45, 7) is 2.26. The molecule has 2 N–H and O–H groups in total. The van der Waals surface area contributed by atoms with E-state index in [0.717, 1.165) is 16.7 Å². The molecule has 2 aromatic carbocycles. The highest BCUT2D eigenvalue weighted by Crippen LogP contribution is 2.29. The van der Waals surface area contributed by atoms with Crippen molar-refractivity contribution >= 4 is 10.8 Å². The van der Waals surface area contributed by atoms with Gasteiger partial charge in [-0.15, -0.1) is 10.2 Å². The summed E-state index contributed by atoms with van der Waals surface area (Å²) in [6.07, 6.45) is 3.30. The molecule has 2 aromatic heterocycles. The lowest BCUT2D eigenvalue weighted by Gasteiger charge is -2.08. The molecule has 0 aliphatic carbocycles. The first kappa shape index (κ1) is 19.1. The fraction of sp³-hybridized carbons (Fsp3) is 0.143. The van der Waals surface area contributed by atoms with Crippen LogP contribution in [0.2, 0.25) is 0 Å². The second kappa shape index (κ2) is 8.02. The van der Waals surface area contributed by atoms with E-state index in [1.165, 1.54) is 0 Å². The van der Waals surface area contributed by atoms with Gasteiger partial charge in [0.1, 0.15) is 5.69 Å². The van der Waals surface area contributed by atoms with E-state index in [1.54, 1.807) is 12.5 Å². The fourth-order valence-corrected chi connectivity index (χ4v) is 3.73. The van der Waals surface area contributed by atoms with Crippen molar-refractivity contribution in [1.82, 2.24) is 20.2 Å². The molecule has 4 aromatic rings. The first-order valence-electron chi connectivity index (χ1n) is 8.96. The summed E-state index contributed by atoms with van der Waals surface area (Å²) in [4.78, 5) is 9.82. The molecular weight excluding hydrogens is 386 g/mol. The maximum absolute atomic E-state index is 12.1.